The van der Waals surface area contributed by atoms with Gasteiger partial charge in [0, 0.05) is 30.3 Å². The first-order chi connectivity index (χ1) is 15.6. The molecule has 0 saturated heterocycles. The molecule has 180 valence electrons. The zero-order chi connectivity index (χ0) is 24.2. The Labute approximate surface area is 196 Å². The number of ether oxygens (including phenoxy) is 1. The number of hydrogen-bond donors (Lipinski definition) is 3. The van der Waals surface area contributed by atoms with Crippen molar-refractivity contribution < 1.29 is 23.1 Å². The van der Waals surface area contributed by atoms with Crippen molar-refractivity contribution in [1.29, 1.82) is 0 Å². The molecule has 0 saturated carbocycles. The summed E-state index contributed by atoms with van der Waals surface area (Å²) in [5, 5.41) is 12.8. The molecule has 2 aromatic rings. The van der Waals surface area contributed by atoms with E-state index in [2.05, 4.69) is 10.0 Å². The van der Waals surface area contributed by atoms with E-state index in [4.69, 9.17) is 4.74 Å². The third-order valence-electron chi connectivity index (χ3n) is 5.91. The number of nitrogens with zero attached hydrogens (tertiary/aromatic N) is 1. The van der Waals surface area contributed by atoms with Gasteiger partial charge < -0.3 is 20.1 Å². The lowest BCUT2D eigenvalue weighted by Crippen LogP contribution is -2.47. The second-order valence-corrected chi connectivity index (χ2v) is 10.4. The number of benzene rings is 2. The number of fused-ring (bicyclic) bond motifs is 1. The van der Waals surface area contributed by atoms with Crippen LogP contribution in [-0.4, -0.2) is 63.2 Å². The van der Waals surface area contributed by atoms with Crippen LogP contribution in [0.1, 0.15) is 25.0 Å². The van der Waals surface area contributed by atoms with Crippen LogP contribution in [0, 0.1) is 12.8 Å². The lowest BCUT2D eigenvalue weighted by molar-refractivity contribution is -0.134. The summed E-state index contributed by atoms with van der Waals surface area (Å²) in [6.45, 7) is 6.61. The van der Waals surface area contributed by atoms with E-state index >= 15 is 0 Å². The number of sulfonamides is 1. The number of rotatable bonds is 7. The third-order valence-corrected chi connectivity index (χ3v) is 7.30. The topological polar surface area (TPSA) is 108 Å². The van der Waals surface area contributed by atoms with Crippen molar-refractivity contribution in [2.45, 2.75) is 44.2 Å². The number of aryl methyl sites for hydroxylation is 1. The third kappa shape index (κ3) is 6.04. The molecule has 0 radical (unpaired) electrons. The maximum atomic E-state index is 13.1. The van der Waals surface area contributed by atoms with Gasteiger partial charge >= 0.3 is 0 Å². The molecule has 0 aliphatic carbocycles. The zero-order valence-corrected chi connectivity index (χ0v) is 20.4. The average Bonchev–Trinajstić information content (AvgIpc) is 2.81. The van der Waals surface area contributed by atoms with Gasteiger partial charge in [-0.05, 0) is 51.2 Å². The van der Waals surface area contributed by atoms with Crippen molar-refractivity contribution >= 4 is 21.6 Å². The molecule has 2 aromatic carbocycles. The number of carbonyl (C=O) groups excluding carboxylic acids is 1. The summed E-state index contributed by atoms with van der Waals surface area (Å²) < 4.78 is 34.5. The van der Waals surface area contributed by atoms with Gasteiger partial charge in [-0.1, -0.05) is 24.6 Å². The number of hydrogen-bond acceptors (Lipinski definition) is 6. The molecule has 0 unspecified atom stereocenters. The largest absolute Gasteiger partial charge is 0.488 e. The SMILES string of the molecule is CNC[C@@H]1Oc2ccc(NS(=O)(=O)c3ccc(C)cc3)cc2CC(=O)N([C@@H](C)CO)C[C@H]1C. The molecule has 1 aliphatic rings. The predicted octanol–water partition coefficient (Wildman–Crippen LogP) is 2.16. The highest BCUT2D eigenvalue weighted by atomic mass is 32.2. The molecule has 9 heteroatoms. The van der Waals surface area contributed by atoms with Crippen LogP contribution in [0.5, 0.6) is 5.75 Å². The standard InChI is InChI=1S/C24H33N3O5S/c1-16-5-8-21(9-6-16)33(30,31)26-20-7-10-22-19(11-20)12-24(29)27(18(3)15-28)14-17(2)23(32-22)13-25-4/h5-11,17-18,23,25-26,28H,12-15H2,1-4H3/t17-,18+,23+/m1/s1. The fourth-order valence-corrected chi connectivity index (χ4v) is 4.92. The summed E-state index contributed by atoms with van der Waals surface area (Å²) in [5.74, 6) is 0.421. The number of likely N-dealkylation sites (N-methyl/N-ethyl adjacent to an activating group) is 1. The Balaban J connectivity index is 1.95. The minimum atomic E-state index is -3.78. The molecular weight excluding hydrogens is 442 g/mol. The summed E-state index contributed by atoms with van der Waals surface area (Å²) in [6.07, 6.45) is -0.165. The molecule has 1 heterocycles. The molecule has 1 aliphatic heterocycles. The number of carbonyl (C=O) groups is 1. The van der Waals surface area contributed by atoms with Gasteiger partial charge in [0.25, 0.3) is 10.0 Å². The fourth-order valence-electron chi connectivity index (χ4n) is 3.87. The Bertz CT molecular complexity index is 1070. The maximum absolute atomic E-state index is 13.1. The number of nitrogens with one attached hydrogen (secondary N) is 2. The quantitative estimate of drug-likeness (QED) is 0.567. The molecule has 3 N–H and O–H groups in total. The molecule has 0 fully saturated rings. The molecular formula is C24H33N3O5S. The summed E-state index contributed by atoms with van der Waals surface area (Å²) >= 11 is 0. The van der Waals surface area contributed by atoms with Crippen LogP contribution in [0.25, 0.3) is 0 Å². The minimum absolute atomic E-state index is 0.0149. The number of aliphatic hydroxyl groups excluding tert-OH is 1. The van der Waals surface area contributed by atoms with E-state index in [0.717, 1.165) is 5.56 Å². The van der Waals surface area contributed by atoms with E-state index in [9.17, 15) is 18.3 Å². The van der Waals surface area contributed by atoms with Crippen LogP contribution in [0.3, 0.4) is 0 Å². The van der Waals surface area contributed by atoms with Gasteiger partial charge in [0.2, 0.25) is 5.91 Å². The molecule has 33 heavy (non-hydrogen) atoms. The van der Waals surface area contributed by atoms with Crippen LogP contribution < -0.4 is 14.8 Å². The lowest BCUT2D eigenvalue weighted by Gasteiger charge is -2.32. The smallest absolute Gasteiger partial charge is 0.261 e. The van der Waals surface area contributed by atoms with Gasteiger partial charge in [-0.2, -0.15) is 0 Å². The summed E-state index contributed by atoms with van der Waals surface area (Å²) in [7, 11) is -1.94. The number of anilines is 1. The Morgan fingerprint density at radius 1 is 1.21 bits per heavy atom. The number of amides is 1. The fraction of sp³-hybridized carbons (Fsp3) is 0.458. The molecule has 0 spiro atoms. The molecule has 8 nitrogen and oxygen atoms in total. The first-order valence-corrected chi connectivity index (χ1v) is 12.6. The van der Waals surface area contributed by atoms with Crippen molar-refractivity contribution in [3.63, 3.8) is 0 Å². The Morgan fingerprint density at radius 3 is 2.55 bits per heavy atom. The van der Waals surface area contributed by atoms with E-state index in [-0.39, 0.29) is 41.9 Å². The lowest BCUT2D eigenvalue weighted by atomic mass is 10.0. The molecule has 0 bridgehead atoms. The summed E-state index contributed by atoms with van der Waals surface area (Å²) in [5.41, 5.74) is 1.91. The van der Waals surface area contributed by atoms with Crippen LogP contribution in [0.2, 0.25) is 0 Å². The van der Waals surface area contributed by atoms with Crippen LogP contribution >= 0.6 is 0 Å². The van der Waals surface area contributed by atoms with Crippen molar-refractivity contribution in [2.75, 3.05) is 31.5 Å². The first kappa shape index (κ1) is 25.0. The van der Waals surface area contributed by atoms with E-state index < -0.39 is 10.0 Å². The number of aliphatic hydroxyl groups is 1. The Morgan fingerprint density at radius 2 is 1.91 bits per heavy atom. The molecule has 1 amide bonds. The molecule has 0 aromatic heterocycles. The first-order valence-electron chi connectivity index (χ1n) is 11.1. The van der Waals surface area contributed by atoms with Crippen molar-refractivity contribution in [3.8, 4) is 5.75 Å². The summed E-state index contributed by atoms with van der Waals surface area (Å²) in [6, 6.07) is 11.3. The van der Waals surface area contributed by atoms with Crippen LogP contribution in [0.15, 0.2) is 47.4 Å². The summed E-state index contributed by atoms with van der Waals surface area (Å²) in [4.78, 5) is 15.0. The average molecular weight is 476 g/mol. The highest BCUT2D eigenvalue weighted by molar-refractivity contribution is 7.92. The monoisotopic (exact) mass is 475 g/mol. The van der Waals surface area contributed by atoms with Gasteiger partial charge in [0.05, 0.1) is 24.0 Å². The van der Waals surface area contributed by atoms with Crippen molar-refractivity contribution in [1.82, 2.24) is 10.2 Å². The van der Waals surface area contributed by atoms with Gasteiger partial charge in [-0.3, -0.25) is 9.52 Å². The second kappa shape index (κ2) is 10.5. The molecule has 3 rings (SSSR count). The predicted molar refractivity (Wildman–Crippen MR) is 128 cm³/mol. The van der Waals surface area contributed by atoms with Gasteiger partial charge in [0.15, 0.2) is 0 Å². The Hall–Kier alpha value is -2.62. The maximum Gasteiger partial charge on any atom is 0.261 e. The highest BCUT2D eigenvalue weighted by Gasteiger charge is 2.30. The van der Waals surface area contributed by atoms with E-state index in [0.29, 0.717) is 30.1 Å². The Kier molecular flexibility index (Phi) is 7.99. The zero-order valence-electron chi connectivity index (χ0n) is 19.5. The normalized spacial score (nSPS) is 20.2. The van der Waals surface area contributed by atoms with Crippen molar-refractivity contribution in [3.05, 3.63) is 53.6 Å². The second-order valence-electron chi connectivity index (χ2n) is 8.69. The van der Waals surface area contributed by atoms with E-state index in [1.807, 2.05) is 27.8 Å². The van der Waals surface area contributed by atoms with Crippen molar-refractivity contribution in [2.24, 2.45) is 5.92 Å². The van der Waals surface area contributed by atoms with Gasteiger partial charge in [-0.15, -0.1) is 0 Å². The van der Waals surface area contributed by atoms with Gasteiger partial charge in [-0.25, -0.2) is 8.42 Å². The minimum Gasteiger partial charge on any atom is -0.488 e. The van der Waals surface area contributed by atoms with Crippen LogP contribution in [-0.2, 0) is 21.2 Å². The highest BCUT2D eigenvalue weighted by Crippen LogP contribution is 2.29. The van der Waals surface area contributed by atoms with Crippen LogP contribution in [0.4, 0.5) is 5.69 Å². The van der Waals surface area contributed by atoms with Gasteiger partial charge in [0.1, 0.15) is 11.9 Å². The molecule has 3 atom stereocenters. The van der Waals surface area contributed by atoms with E-state index in [1.54, 1.807) is 47.4 Å². The van der Waals surface area contributed by atoms with E-state index in [1.165, 1.54) is 0 Å².